The quantitative estimate of drug-likeness (QED) is 0.342. The Bertz CT molecular complexity index is 1190. The minimum atomic E-state index is 0.163. The van der Waals surface area contributed by atoms with Crippen LogP contribution < -0.4 is 0 Å². The molecule has 32 heavy (non-hydrogen) atoms. The van der Waals surface area contributed by atoms with Gasteiger partial charge in [-0.25, -0.2) is 0 Å². The van der Waals surface area contributed by atoms with Crippen LogP contribution in [0.5, 0.6) is 0 Å². The number of hydrogen-bond donors (Lipinski definition) is 0. The third-order valence-electron chi connectivity index (χ3n) is 7.19. The summed E-state index contributed by atoms with van der Waals surface area (Å²) < 4.78 is 1.89. The van der Waals surface area contributed by atoms with Gasteiger partial charge in [0.25, 0.3) is 5.91 Å². The van der Waals surface area contributed by atoms with Crippen molar-refractivity contribution in [2.24, 2.45) is 13.0 Å². The van der Waals surface area contributed by atoms with Crippen molar-refractivity contribution < 1.29 is 4.79 Å². The van der Waals surface area contributed by atoms with E-state index < -0.39 is 0 Å². The maximum Gasteiger partial charge on any atom is 0.257 e. The molecule has 2 fully saturated rings. The molecule has 2 aliphatic heterocycles. The van der Waals surface area contributed by atoms with Crippen molar-refractivity contribution in [1.82, 2.24) is 14.7 Å². The van der Waals surface area contributed by atoms with E-state index in [2.05, 4.69) is 52.5 Å². The predicted octanol–water partition coefficient (Wildman–Crippen LogP) is 6.50. The summed E-state index contributed by atoms with van der Waals surface area (Å²) in [5.41, 5.74) is 2.80. The van der Waals surface area contributed by atoms with Crippen molar-refractivity contribution in [3.63, 3.8) is 0 Å². The lowest BCUT2D eigenvalue weighted by molar-refractivity contribution is 0.0391. The van der Waals surface area contributed by atoms with Gasteiger partial charge in [-0.05, 0) is 49.8 Å². The van der Waals surface area contributed by atoms with E-state index in [1.54, 1.807) is 18.0 Å². The number of amides is 1. The SMILES string of the molecule is Cn1ncc(C(=O)N2CCCC3CCCCC32)c1-c1cccc2c1Sc1ccccc1S2. The first-order chi connectivity index (χ1) is 15.7. The molecular weight excluding hydrogens is 434 g/mol. The Balaban J connectivity index is 1.40. The molecule has 1 saturated carbocycles. The van der Waals surface area contributed by atoms with E-state index in [0.717, 1.165) is 36.2 Å². The third-order valence-corrected chi connectivity index (χ3v) is 9.80. The van der Waals surface area contributed by atoms with Gasteiger partial charge in [0, 0.05) is 44.8 Å². The van der Waals surface area contributed by atoms with Crippen LogP contribution in [0.3, 0.4) is 0 Å². The molecule has 164 valence electrons. The second-order valence-corrected chi connectivity index (χ2v) is 11.2. The monoisotopic (exact) mass is 461 g/mol. The molecule has 2 aromatic carbocycles. The van der Waals surface area contributed by atoms with E-state index in [-0.39, 0.29) is 5.91 Å². The number of aromatic nitrogens is 2. The van der Waals surface area contributed by atoms with Gasteiger partial charge in [0.2, 0.25) is 0 Å². The van der Waals surface area contributed by atoms with Crippen LogP contribution >= 0.6 is 23.5 Å². The van der Waals surface area contributed by atoms with Gasteiger partial charge in [-0.3, -0.25) is 9.48 Å². The van der Waals surface area contributed by atoms with Crippen LogP contribution in [0.15, 0.2) is 68.2 Å². The highest BCUT2D eigenvalue weighted by Crippen LogP contribution is 2.52. The van der Waals surface area contributed by atoms with E-state index >= 15 is 0 Å². The molecule has 6 heteroatoms. The van der Waals surface area contributed by atoms with Gasteiger partial charge in [0.05, 0.1) is 17.5 Å². The predicted molar refractivity (Wildman–Crippen MR) is 129 cm³/mol. The highest BCUT2D eigenvalue weighted by atomic mass is 32.2. The molecule has 6 rings (SSSR count). The zero-order valence-electron chi connectivity index (χ0n) is 18.3. The Morgan fingerprint density at radius 3 is 2.56 bits per heavy atom. The number of benzene rings is 2. The Morgan fingerprint density at radius 2 is 1.69 bits per heavy atom. The number of hydrogen-bond acceptors (Lipinski definition) is 4. The van der Waals surface area contributed by atoms with Crippen molar-refractivity contribution in [2.45, 2.75) is 64.1 Å². The number of likely N-dealkylation sites (tertiary alicyclic amines) is 1. The van der Waals surface area contributed by atoms with Gasteiger partial charge in [-0.1, -0.05) is 60.6 Å². The van der Waals surface area contributed by atoms with Gasteiger partial charge in [-0.15, -0.1) is 0 Å². The fourth-order valence-corrected chi connectivity index (χ4v) is 8.06. The zero-order chi connectivity index (χ0) is 21.7. The molecule has 0 bridgehead atoms. The molecule has 4 nitrogen and oxygen atoms in total. The number of fused-ring (bicyclic) bond motifs is 3. The lowest BCUT2D eigenvalue weighted by atomic mass is 9.78. The Kier molecular flexibility index (Phi) is 5.30. The maximum absolute atomic E-state index is 13.9. The standard InChI is InChI=1S/C26H27N3OS2/c1-28-24(18-10-6-14-23-25(18)32-22-13-5-4-12-21(22)31-23)19(16-27-28)26(30)29-15-7-9-17-8-2-3-11-20(17)29/h4-6,10,12-14,16-17,20H,2-3,7-9,11,15H2,1H3. The molecule has 0 N–H and O–H groups in total. The first-order valence-electron chi connectivity index (χ1n) is 11.6. The largest absolute Gasteiger partial charge is 0.335 e. The highest BCUT2D eigenvalue weighted by Gasteiger charge is 2.37. The molecule has 1 saturated heterocycles. The van der Waals surface area contributed by atoms with E-state index in [0.29, 0.717) is 12.0 Å². The Labute approximate surface area is 197 Å². The van der Waals surface area contributed by atoms with Gasteiger partial charge in [0.15, 0.2) is 0 Å². The van der Waals surface area contributed by atoms with Crippen molar-refractivity contribution in [3.05, 3.63) is 54.2 Å². The number of rotatable bonds is 2. The van der Waals surface area contributed by atoms with Gasteiger partial charge in [0.1, 0.15) is 0 Å². The molecule has 3 aliphatic rings. The van der Waals surface area contributed by atoms with Gasteiger partial charge >= 0.3 is 0 Å². The molecule has 0 radical (unpaired) electrons. The fraction of sp³-hybridized carbons (Fsp3) is 0.385. The van der Waals surface area contributed by atoms with E-state index in [1.807, 2.05) is 23.5 Å². The minimum absolute atomic E-state index is 0.163. The summed E-state index contributed by atoms with van der Waals surface area (Å²) in [6.07, 6.45) is 9.15. The van der Waals surface area contributed by atoms with Crippen LogP contribution in [0.25, 0.3) is 11.3 Å². The molecule has 2 unspecified atom stereocenters. The Hall–Kier alpha value is -2.18. The summed E-state index contributed by atoms with van der Waals surface area (Å²) >= 11 is 3.61. The van der Waals surface area contributed by atoms with Crippen LogP contribution in [0.2, 0.25) is 0 Å². The highest BCUT2D eigenvalue weighted by molar-refractivity contribution is 8.05. The van der Waals surface area contributed by atoms with E-state index in [4.69, 9.17) is 0 Å². The van der Waals surface area contributed by atoms with Crippen molar-refractivity contribution >= 4 is 29.4 Å². The van der Waals surface area contributed by atoms with Crippen LogP contribution in [0, 0.1) is 5.92 Å². The molecule has 1 aliphatic carbocycles. The second-order valence-electron chi connectivity index (χ2n) is 9.07. The Morgan fingerprint density at radius 1 is 0.938 bits per heavy atom. The number of piperidine rings is 1. The minimum Gasteiger partial charge on any atom is -0.335 e. The summed E-state index contributed by atoms with van der Waals surface area (Å²) in [4.78, 5) is 21.1. The van der Waals surface area contributed by atoms with Crippen molar-refractivity contribution in [3.8, 4) is 11.3 Å². The normalized spacial score (nSPS) is 22.1. The van der Waals surface area contributed by atoms with Crippen LogP contribution in [0.1, 0.15) is 48.9 Å². The zero-order valence-corrected chi connectivity index (χ0v) is 19.9. The van der Waals surface area contributed by atoms with Crippen molar-refractivity contribution in [1.29, 1.82) is 0 Å². The summed E-state index contributed by atoms with van der Waals surface area (Å²) in [7, 11) is 1.96. The lowest BCUT2D eigenvalue weighted by Crippen LogP contribution is -2.49. The van der Waals surface area contributed by atoms with Gasteiger partial charge < -0.3 is 4.90 Å². The molecule has 2 atom stereocenters. The third kappa shape index (κ3) is 3.39. The molecule has 1 aromatic heterocycles. The van der Waals surface area contributed by atoms with Crippen LogP contribution in [0.4, 0.5) is 0 Å². The van der Waals surface area contributed by atoms with E-state index in [9.17, 15) is 4.79 Å². The molecule has 3 aromatic rings. The average molecular weight is 462 g/mol. The maximum atomic E-state index is 13.9. The van der Waals surface area contributed by atoms with Crippen molar-refractivity contribution in [2.75, 3.05) is 6.54 Å². The number of aryl methyl sites for hydroxylation is 1. The first-order valence-corrected chi connectivity index (χ1v) is 13.2. The number of nitrogens with zero attached hydrogens (tertiary/aromatic N) is 3. The number of carbonyl (C=O) groups excluding carboxylic acids is 1. The van der Waals surface area contributed by atoms with Gasteiger partial charge in [-0.2, -0.15) is 5.10 Å². The smallest absolute Gasteiger partial charge is 0.257 e. The topological polar surface area (TPSA) is 38.1 Å². The summed E-state index contributed by atoms with van der Waals surface area (Å²) in [5.74, 6) is 0.839. The summed E-state index contributed by atoms with van der Waals surface area (Å²) in [5, 5.41) is 4.56. The lowest BCUT2D eigenvalue weighted by Gasteiger charge is -2.44. The van der Waals surface area contributed by atoms with E-state index in [1.165, 1.54) is 45.3 Å². The number of carbonyl (C=O) groups is 1. The molecule has 1 amide bonds. The average Bonchev–Trinajstić information content (AvgIpc) is 3.22. The molecule has 3 heterocycles. The second kappa shape index (κ2) is 8.31. The summed E-state index contributed by atoms with van der Waals surface area (Å²) in [6.45, 7) is 0.874. The first kappa shape index (κ1) is 20.4. The van der Waals surface area contributed by atoms with Crippen LogP contribution in [-0.4, -0.2) is 33.2 Å². The van der Waals surface area contributed by atoms with Crippen LogP contribution in [-0.2, 0) is 7.05 Å². The molecular formula is C26H27N3OS2. The summed E-state index contributed by atoms with van der Waals surface area (Å²) in [6, 6.07) is 15.4. The fourth-order valence-electron chi connectivity index (χ4n) is 5.68. The molecule has 0 spiro atoms.